The number of nitrogens with one attached hydrogen (secondary N) is 3. The summed E-state index contributed by atoms with van der Waals surface area (Å²) in [7, 11) is 1.67. The van der Waals surface area contributed by atoms with Crippen molar-refractivity contribution in [2.24, 2.45) is 0 Å². The molecule has 154 valence electrons. The fraction of sp³-hybridized carbons (Fsp3) is 0.375. The van der Waals surface area contributed by atoms with Gasteiger partial charge in [0.1, 0.15) is 31.9 Å². The quantitative estimate of drug-likeness (QED) is 0.553. The first-order valence-electron chi connectivity index (χ1n) is 10.5. The molecule has 3 N–H and O–H groups in total. The minimum absolute atomic E-state index is 0.154. The van der Waals surface area contributed by atoms with Gasteiger partial charge in [0.25, 0.3) is 5.91 Å². The molecule has 1 amide bonds. The average Bonchev–Trinajstić information content (AvgIpc) is 2.76. The number of carbonyl (C=O) groups is 1. The van der Waals surface area contributed by atoms with Crippen molar-refractivity contribution in [3.8, 4) is 5.75 Å². The largest absolute Gasteiger partial charge is 0.497 e. The Labute approximate surface area is 174 Å². The highest BCUT2D eigenvalue weighted by molar-refractivity contribution is 5.76. The van der Waals surface area contributed by atoms with E-state index in [2.05, 4.69) is 41.7 Å². The van der Waals surface area contributed by atoms with Crippen LogP contribution in [0.5, 0.6) is 5.75 Å². The number of hydrogen-bond acceptors (Lipinski definition) is 2. The molecule has 0 saturated carbocycles. The van der Waals surface area contributed by atoms with Gasteiger partial charge >= 0.3 is 0 Å². The molecule has 29 heavy (non-hydrogen) atoms. The number of ether oxygens (including phenoxy) is 1. The van der Waals surface area contributed by atoms with E-state index in [-0.39, 0.29) is 5.91 Å². The van der Waals surface area contributed by atoms with Gasteiger partial charge in [-0.05, 0) is 35.8 Å². The van der Waals surface area contributed by atoms with Crippen LogP contribution in [0.25, 0.3) is 6.08 Å². The molecule has 0 radical (unpaired) electrons. The third kappa shape index (κ3) is 7.37. The summed E-state index contributed by atoms with van der Waals surface area (Å²) in [5.41, 5.74) is 2.46. The monoisotopic (exact) mass is 395 g/mol. The molecule has 0 aromatic heterocycles. The molecular weight excluding hydrogens is 362 g/mol. The first-order chi connectivity index (χ1) is 14.2. The molecular formula is C24H33N3O2+2. The van der Waals surface area contributed by atoms with Gasteiger partial charge in [-0.2, -0.15) is 0 Å². The number of rotatable bonds is 9. The van der Waals surface area contributed by atoms with Gasteiger partial charge in [0, 0.05) is 6.54 Å². The van der Waals surface area contributed by atoms with Crippen LogP contribution in [0.15, 0.2) is 60.7 Å². The first kappa shape index (κ1) is 21.1. The third-order valence-electron chi connectivity index (χ3n) is 5.49. The van der Waals surface area contributed by atoms with Gasteiger partial charge < -0.3 is 19.9 Å². The van der Waals surface area contributed by atoms with Gasteiger partial charge in [-0.25, -0.2) is 0 Å². The molecule has 1 saturated heterocycles. The normalized spacial score (nSPS) is 19.2. The lowest BCUT2D eigenvalue weighted by Crippen LogP contribution is -3.28. The number of carbonyl (C=O) groups excluding carboxylic acids is 1. The fourth-order valence-electron chi connectivity index (χ4n) is 3.69. The van der Waals surface area contributed by atoms with E-state index in [0.29, 0.717) is 13.1 Å². The zero-order valence-corrected chi connectivity index (χ0v) is 17.3. The molecule has 5 heteroatoms. The molecule has 1 heterocycles. The fourth-order valence-corrected chi connectivity index (χ4v) is 3.69. The van der Waals surface area contributed by atoms with Crippen LogP contribution in [0.2, 0.25) is 0 Å². The second-order valence-electron chi connectivity index (χ2n) is 7.64. The lowest BCUT2D eigenvalue weighted by atomic mass is 10.1. The van der Waals surface area contributed by atoms with Crippen molar-refractivity contribution in [3.63, 3.8) is 0 Å². The van der Waals surface area contributed by atoms with Gasteiger partial charge in [-0.15, -0.1) is 0 Å². The molecule has 0 spiro atoms. The third-order valence-corrected chi connectivity index (χ3v) is 5.49. The summed E-state index contributed by atoms with van der Waals surface area (Å²) in [6, 6.07) is 18.4. The van der Waals surface area contributed by atoms with Crippen LogP contribution in [0.4, 0.5) is 0 Å². The van der Waals surface area contributed by atoms with Crippen molar-refractivity contribution in [2.75, 3.05) is 52.9 Å². The van der Waals surface area contributed by atoms with Crippen LogP contribution < -0.4 is 19.9 Å². The highest BCUT2D eigenvalue weighted by Gasteiger charge is 2.23. The van der Waals surface area contributed by atoms with Crippen molar-refractivity contribution in [1.29, 1.82) is 0 Å². The van der Waals surface area contributed by atoms with Gasteiger partial charge in [-0.1, -0.05) is 48.5 Å². The summed E-state index contributed by atoms with van der Waals surface area (Å²) in [6.07, 6.45) is 5.31. The van der Waals surface area contributed by atoms with E-state index in [1.807, 2.05) is 30.3 Å². The van der Waals surface area contributed by atoms with Crippen molar-refractivity contribution < 1.29 is 19.3 Å². The Morgan fingerprint density at radius 3 is 2.38 bits per heavy atom. The lowest BCUT2D eigenvalue weighted by molar-refractivity contribution is -1.01. The van der Waals surface area contributed by atoms with E-state index in [1.54, 1.807) is 12.0 Å². The van der Waals surface area contributed by atoms with E-state index in [4.69, 9.17) is 4.74 Å². The first-order valence-corrected chi connectivity index (χ1v) is 10.5. The Morgan fingerprint density at radius 2 is 1.69 bits per heavy atom. The Morgan fingerprint density at radius 1 is 1.00 bits per heavy atom. The van der Waals surface area contributed by atoms with Gasteiger partial charge in [0.15, 0.2) is 6.54 Å². The summed E-state index contributed by atoms with van der Waals surface area (Å²) in [5.74, 6) is 1.01. The predicted octanol–water partition coefficient (Wildman–Crippen LogP) is -0.149. The van der Waals surface area contributed by atoms with E-state index >= 15 is 0 Å². The zero-order valence-electron chi connectivity index (χ0n) is 17.3. The summed E-state index contributed by atoms with van der Waals surface area (Å²) in [6.45, 7) is 6.66. The highest BCUT2D eigenvalue weighted by atomic mass is 16.5. The second-order valence-corrected chi connectivity index (χ2v) is 7.64. The van der Waals surface area contributed by atoms with Crippen molar-refractivity contribution in [2.45, 2.75) is 6.42 Å². The van der Waals surface area contributed by atoms with Gasteiger partial charge in [-0.3, -0.25) is 4.79 Å². The molecule has 2 aromatic carbocycles. The molecule has 3 rings (SSSR count). The van der Waals surface area contributed by atoms with E-state index in [9.17, 15) is 4.79 Å². The SMILES string of the molecule is COc1ccc(CCNC(=O)C[NH+]2CC[NH+](C/C=C/c3ccccc3)CC2)cc1. The number of piperazine rings is 1. The Bertz CT molecular complexity index is 766. The van der Waals surface area contributed by atoms with Crippen molar-refractivity contribution >= 4 is 12.0 Å². The Hall–Kier alpha value is -2.63. The molecule has 1 aliphatic heterocycles. The predicted molar refractivity (Wildman–Crippen MR) is 116 cm³/mol. The molecule has 0 unspecified atom stereocenters. The van der Waals surface area contributed by atoms with Crippen molar-refractivity contribution in [1.82, 2.24) is 5.32 Å². The van der Waals surface area contributed by atoms with E-state index < -0.39 is 0 Å². The van der Waals surface area contributed by atoms with Gasteiger partial charge in [0.05, 0.1) is 13.7 Å². The molecule has 5 nitrogen and oxygen atoms in total. The van der Waals surface area contributed by atoms with Crippen LogP contribution in [0.3, 0.4) is 0 Å². The molecule has 1 aliphatic rings. The van der Waals surface area contributed by atoms with Crippen molar-refractivity contribution in [3.05, 3.63) is 71.8 Å². The van der Waals surface area contributed by atoms with E-state index in [0.717, 1.165) is 44.9 Å². The summed E-state index contributed by atoms with van der Waals surface area (Å²) < 4.78 is 5.17. The maximum absolute atomic E-state index is 12.2. The standard InChI is InChI=1S/C24H31N3O2/c1-29-23-11-9-22(10-12-23)13-14-25-24(28)20-27-18-16-26(17-19-27)15-5-8-21-6-3-2-4-7-21/h2-12H,13-20H2,1H3,(H,25,28)/p+2/b8-5+. The number of amides is 1. The lowest BCUT2D eigenvalue weighted by Gasteiger charge is -2.28. The Kier molecular flexibility index (Phi) is 8.28. The second kappa shape index (κ2) is 11.4. The van der Waals surface area contributed by atoms with Crippen LogP contribution >= 0.6 is 0 Å². The summed E-state index contributed by atoms with van der Waals surface area (Å²) in [4.78, 5) is 15.2. The number of methoxy groups -OCH3 is 1. The topological polar surface area (TPSA) is 47.2 Å². The van der Waals surface area contributed by atoms with Crippen LogP contribution in [0, 0.1) is 0 Å². The summed E-state index contributed by atoms with van der Waals surface area (Å²) in [5, 5.41) is 3.06. The van der Waals surface area contributed by atoms with Crippen LogP contribution in [-0.2, 0) is 11.2 Å². The highest BCUT2D eigenvalue weighted by Crippen LogP contribution is 2.11. The van der Waals surface area contributed by atoms with Gasteiger partial charge in [0.2, 0.25) is 0 Å². The van der Waals surface area contributed by atoms with Crippen LogP contribution in [0.1, 0.15) is 11.1 Å². The molecule has 1 fully saturated rings. The maximum Gasteiger partial charge on any atom is 0.275 e. The molecule has 0 aliphatic carbocycles. The molecule has 0 bridgehead atoms. The average molecular weight is 396 g/mol. The smallest absolute Gasteiger partial charge is 0.275 e. The number of benzene rings is 2. The maximum atomic E-state index is 12.2. The number of quaternary nitrogens is 2. The minimum atomic E-state index is 0.154. The Balaban J connectivity index is 1.29. The molecule has 0 atom stereocenters. The summed E-state index contributed by atoms with van der Waals surface area (Å²) >= 11 is 0. The minimum Gasteiger partial charge on any atom is -0.497 e. The van der Waals surface area contributed by atoms with E-state index in [1.165, 1.54) is 16.0 Å². The molecule has 2 aromatic rings. The number of hydrogen-bond donors (Lipinski definition) is 3. The van der Waals surface area contributed by atoms with Crippen LogP contribution in [-0.4, -0.2) is 58.8 Å². The zero-order chi connectivity index (χ0) is 20.3.